The van der Waals surface area contributed by atoms with E-state index in [2.05, 4.69) is 19.9 Å². The Morgan fingerprint density at radius 1 is 1.33 bits per heavy atom. The van der Waals surface area contributed by atoms with E-state index in [0.717, 1.165) is 12.0 Å². The molecule has 0 radical (unpaired) electrons. The molecule has 2 N–H and O–H groups in total. The fourth-order valence-corrected chi connectivity index (χ4v) is 2.43. The lowest BCUT2D eigenvalue weighted by atomic mass is 9.89. The standard InChI is InChI=1S/C16H25NO/c1-4-6-8-13(5-2)11-14-9-7-10-15(12(14)3)16(17)18/h7,9-10,13H,4-6,8,11H2,1-3H3,(H2,17,18). The first kappa shape index (κ1) is 14.7. The van der Waals surface area contributed by atoms with Crippen molar-refractivity contribution in [1.82, 2.24) is 0 Å². The highest BCUT2D eigenvalue weighted by Gasteiger charge is 2.12. The van der Waals surface area contributed by atoms with Crippen LogP contribution in [0.1, 0.15) is 61.0 Å². The molecule has 2 heteroatoms. The zero-order valence-electron chi connectivity index (χ0n) is 11.8. The molecule has 2 nitrogen and oxygen atoms in total. The third kappa shape index (κ3) is 3.86. The van der Waals surface area contributed by atoms with Crippen LogP contribution < -0.4 is 5.73 Å². The smallest absolute Gasteiger partial charge is 0.248 e. The summed E-state index contributed by atoms with van der Waals surface area (Å²) in [6, 6.07) is 5.87. The topological polar surface area (TPSA) is 43.1 Å². The second-order valence-electron chi connectivity index (χ2n) is 5.07. The molecular weight excluding hydrogens is 222 g/mol. The summed E-state index contributed by atoms with van der Waals surface area (Å²) < 4.78 is 0. The Bertz CT molecular complexity index is 398. The lowest BCUT2D eigenvalue weighted by Gasteiger charge is -2.17. The molecule has 1 aromatic rings. The van der Waals surface area contributed by atoms with Crippen LogP contribution in [0.15, 0.2) is 18.2 Å². The highest BCUT2D eigenvalue weighted by molar-refractivity contribution is 5.94. The minimum absolute atomic E-state index is 0.323. The number of primary amides is 1. The maximum atomic E-state index is 11.3. The van der Waals surface area contributed by atoms with E-state index in [-0.39, 0.29) is 5.91 Å². The minimum Gasteiger partial charge on any atom is -0.366 e. The van der Waals surface area contributed by atoms with Crippen LogP contribution in [0.25, 0.3) is 0 Å². The molecule has 0 aromatic heterocycles. The van der Waals surface area contributed by atoms with Crippen LogP contribution in [-0.4, -0.2) is 5.91 Å². The van der Waals surface area contributed by atoms with E-state index in [0.29, 0.717) is 11.5 Å². The molecule has 1 unspecified atom stereocenters. The fraction of sp³-hybridized carbons (Fsp3) is 0.562. The van der Waals surface area contributed by atoms with Crippen LogP contribution in [0.5, 0.6) is 0 Å². The van der Waals surface area contributed by atoms with Crippen LogP contribution >= 0.6 is 0 Å². The predicted molar refractivity (Wildman–Crippen MR) is 76.7 cm³/mol. The van der Waals surface area contributed by atoms with Crippen LogP contribution in [0.4, 0.5) is 0 Å². The summed E-state index contributed by atoms with van der Waals surface area (Å²) in [5.41, 5.74) is 8.38. The van der Waals surface area contributed by atoms with E-state index in [1.807, 2.05) is 19.1 Å². The molecule has 1 aromatic carbocycles. The number of unbranched alkanes of at least 4 members (excludes halogenated alkanes) is 1. The van der Waals surface area contributed by atoms with E-state index in [4.69, 9.17) is 5.73 Å². The summed E-state index contributed by atoms with van der Waals surface area (Å²) in [5.74, 6) is 0.391. The Balaban J connectivity index is 2.83. The maximum absolute atomic E-state index is 11.3. The molecule has 0 spiro atoms. The largest absolute Gasteiger partial charge is 0.366 e. The second kappa shape index (κ2) is 7.20. The van der Waals surface area contributed by atoms with Crippen molar-refractivity contribution in [2.24, 2.45) is 11.7 Å². The first-order valence-corrected chi connectivity index (χ1v) is 6.98. The normalized spacial score (nSPS) is 12.4. The van der Waals surface area contributed by atoms with E-state index >= 15 is 0 Å². The van der Waals surface area contributed by atoms with Gasteiger partial charge < -0.3 is 5.73 Å². The summed E-state index contributed by atoms with van der Waals surface area (Å²) in [6.45, 7) is 6.47. The van der Waals surface area contributed by atoms with Gasteiger partial charge in [-0.15, -0.1) is 0 Å². The van der Waals surface area contributed by atoms with Gasteiger partial charge in [0.15, 0.2) is 0 Å². The number of carbonyl (C=O) groups excluding carboxylic acids is 1. The van der Waals surface area contributed by atoms with Gasteiger partial charge in [-0.05, 0) is 36.5 Å². The highest BCUT2D eigenvalue weighted by Crippen LogP contribution is 2.22. The van der Waals surface area contributed by atoms with Crippen molar-refractivity contribution in [2.75, 3.05) is 0 Å². The Morgan fingerprint density at radius 3 is 2.61 bits per heavy atom. The van der Waals surface area contributed by atoms with Crippen molar-refractivity contribution in [2.45, 2.75) is 52.9 Å². The van der Waals surface area contributed by atoms with Gasteiger partial charge in [-0.2, -0.15) is 0 Å². The van der Waals surface area contributed by atoms with Gasteiger partial charge in [0.05, 0.1) is 0 Å². The molecule has 0 aliphatic heterocycles. The molecule has 0 fully saturated rings. The second-order valence-corrected chi connectivity index (χ2v) is 5.07. The SMILES string of the molecule is CCCCC(CC)Cc1cccc(C(N)=O)c1C. The molecule has 0 bridgehead atoms. The lowest BCUT2D eigenvalue weighted by Crippen LogP contribution is -2.14. The van der Waals surface area contributed by atoms with Crippen molar-refractivity contribution in [1.29, 1.82) is 0 Å². The predicted octanol–water partition coefficient (Wildman–Crippen LogP) is 3.85. The number of carbonyl (C=O) groups is 1. The number of rotatable bonds is 7. The molecule has 18 heavy (non-hydrogen) atoms. The quantitative estimate of drug-likeness (QED) is 0.781. The van der Waals surface area contributed by atoms with Crippen molar-refractivity contribution < 1.29 is 4.79 Å². The summed E-state index contributed by atoms with van der Waals surface area (Å²) in [5, 5.41) is 0. The summed E-state index contributed by atoms with van der Waals surface area (Å²) in [4.78, 5) is 11.3. The first-order chi connectivity index (χ1) is 8.60. The molecule has 1 rings (SSSR count). The fourth-order valence-electron chi connectivity index (χ4n) is 2.43. The average molecular weight is 247 g/mol. The van der Waals surface area contributed by atoms with Gasteiger partial charge in [-0.3, -0.25) is 4.79 Å². The minimum atomic E-state index is -0.323. The number of benzene rings is 1. The summed E-state index contributed by atoms with van der Waals surface area (Å²) in [7, 11) is 0. The Labute approximate surface area is 111 Å². The van der Waals surface area contributed by atoms with E-state index in [9.17, 15) is 4.79 Å². The van der Waals surface area contributed by atoms with Crippen molar-refractivity contribution in [3.05, 3.63) is 34.9 Å². The third-order valence-corrected chi connectivity index (χ3v) is 3.76. The number of hydrogen-bond donors (Lipinski definition) is 1. The molecule has 0 saturated heterocycles. The van der Waals surface area contributed by atoms with Crippen LogP contribution in [0.2, 0.25) is 0 Å². The zero-order valence-corrected chi connectivity index (χ0v) is 11.8. The van der Waals surface area contributed by atoms with Crippen LogP contribution in [-0.2, 0) is 6.42 Å². The Morgan fingerprint density at radius 2 is 2.06 bits per heavy atom. The Hall–Kier alpha value is -1.31. The van der Waals surface area contributed by atoms with Crippen LogP contribution in [0, 0.1) is 12.8 Å². The van der Waals surface area contributed by atoms with E-state index < -0.39 is 0 Å². The van der Waals surface area contributed by atoms with Gasteiger partial charge in [0.1, 0.15) is 0 Å². The molecule has 0 aliphatic carbocycles. The van der Waals surface area contributed by atoms with Crippen molar-refractivity contribution in [3.8, 4) is 0 Å². The zero-order chi connectivity index (χ0) is 13.5. The number of amides is 1. The highest BCUT2D eigenvalue weighted by atomic mass is 16.1. The van der Waals surface area contributed by atoms with Crippen molar-refractivity contribution in [3.63, 3.8) is 0 Å². The molecule has 1 amide bonds. The first-order valence-electron chi connectivity index (χ1n) is 6.98. The average Bonchev–Trinajstić information content (AvgIpc) is 2.36. The van der Waals surface area contributed by atoms with Crippen molar-refractivity contribution >= 4 is 5.91 Å². The number of nitrogens with two attached hydrogens (primary N) is 1. The Kier molecular flexibility index (Phi) is 5.90. The van der Waals surface area contributed by atoms with Gasteiger partial charge in [0, 0.05) is 5.56 Å². The van der Waals surface area contributed by atoms with E-state index in [1.54, 1.807) is 0 Å². The molecule has 0 saturated carbocycles. The maximum Gasteiger partial charge on any atom is 0.248 e. The molecule has 100 valence electrons. The number of hydrogen-bond acceptors (Lipinski definition) is 1. The van der Waals surface area contributed by atoms with Crippen LogP contribution in [0.3, 0.4) is 0 Å². The molecular formula is C16H25NO. The third-order valence-electron chi connectivity index (χ3n) is 3.76. The molecule has 0 heterocycles. The summed E-state index contributed by atoms with van der Waals surface area (Å²) >= 11 is 0. The summed E-state index contributed by atoms with van der Waals surface area (Å²) in [6.07, 6.45) is 6.06. The molecule has 0 aliphatic rings. The van der Waals surface area contributed by atoms with Gasteiger partial charge in [-0.1, -0.05) is 51.7 Å². The van der Waals surface area contributed by atoms with Gasteiger partial charge in [0.25, 0.3) is 0 Å². The van der Waals surface area contributed by atoms with E-state index in [1.165, 1.54) is 31.2 Å². The van der Waals surface area contributed by atoms with Gasteiger partial charge >= 0.3 is 0 Å². The lowest BCUT2D eigenvalue weighted by molar-refractivity contribution is 0.0999. The monoisotopic (exact) mass is 247 g/mol. The van der Waals surface area contributed by atoms with Gasteiger partial charge in [0.2, 0.25) is 5.91 Å². The molecule has 1 atom stereocenters. The van der Waals surface area contributed by atoms with Gasteiger partial charge in [-0.25, -0.2) is 0 Å².